The van der Waals surface area contributed by atoms with Gasteiger partial charge in [-0.2, -0.15) is 4.99 Å². The number of nitrogens with zero attached hydrogens (tertiary/aromatic N) is 3. The molecule has 1 aromatic rings. The molecule has 1 saturated heterocycles. The van der Waals surface area contributed by atoms with Crippen LogP contribution in [0.25, 0.3) is 0 Å². The monoisotopic (exact) mass is 315 g/mol. The summed E-state index contributed by atoms with van der Waals surface area (Å²) in [7, 11) is 0. The number of thioether (sulfide) groups is 1. The first-order valence-electron chi connectivity index (χ1n) is 7.61. The standard InChI is InChI=1S/C17H21N3OS/c1-3-8-19-9-11-20(12-10-19)17-18-16(21)15(22-17)14-6-4-13(2)5-7-14/h3-7,15H,1,8-12H2,2H3. The van der Waals surface area contributed by atoms with Crippen molar-refractivity contribution >= 4 is 22.8 Å². The molecule has 0 aromatic heterocycles. The number of amides is 1. The fraction of sp³-hybridized carbons (Fsp3) is 0.412. The zero-order valence-electron chi connectivity index (χ0n) is 12.9. The van der Waals surface area contributed by atoms with E-state index in [1.165, 1.54) is 5.56 Å². The lowest BCUT2D eigenvalue weighted by atomic mass is 10.1. The molecule has 0 bridgehead atoms. The van der Waals surface area contributed by atoms with Gasteiger partial charge in [-0.1, -0.05) is 47.7 Å². The maximum atomic E-state index is 12.2. The minimum Gasteiger partial charge on any atom is -0.348 e. The highest BCUT2D eigenvalue weighted by Gasteiger charge is 2.33. The Kier molecular flexibility index (Phi) is 4.64. The second-order valence-corrected chi connectivity index (χ2v) is 6.79. The van der Waals surface area contributed by atoms with Crippen LogP contribution in [0.5, 0.6) is 0 Å². The Hall–Kier alpha value is -1.59. The van der Waals surface area contributed by atoms with E-state index in [0.29, 0.717) is 0 Å². The summed E-state index contributed by atoms with van der Waals surface area (Å²) in [5.41, 5.74) is 2.25. The van der Waals surface area contributed by atoms with E-state index in [-0.39, 0.29) is 11.2 Å². The van der Waals surface area contributed by atoms with Gasteiger partial charge in [-0.05, 0) is 12.5 Å². The smallest absolute Gasteiger partial charge is 0.266 e. The number of piperazine rings is 1. The average Bonchev–Trinajstić information content (AvgIpc) is 2.91. The molecule has 1 fully saturated rings. The van der Waals surface area contributed by atoms with Gasteiger partial charge in [-0.25, -0.2) is 0 Å². The zero-order chi connectivity index (χ0) is 15.5. The fourth-order valence-electron chi connectivity index (χ4n) is 2.74. The van der Waals surface area contributed by atoms with Crippen molar-refractivity contribution in [1.29, 1.82) is 0 Å². The summed E-state index contributed by atoms with van der Waals surface area (Å²) in [5, 5.41) is 0.704. The molecule has 0 radical (unpaired) electrons. The molecule has 2 aliphatic heterocycles. The van der Waals surface area contributed by atoms with E-state index in [1.807, 2.05) is 18.2 Å². The number of benzene rings is 1. The molecule has 116 valence electrons. The van der Waals surface area contributed by atoms with E-state index in [9.17, 15) is 4.79 Å². The third kappa shape index (κ3) is 3.25. The van der Waals surface area contributed by atoms with Gasteiger partial charge in [0.05, 0.1) is 0 Å². The van der Waals surface area contributed by atoms with Crippen molar-refractivity contribution in [2.45, 2.75) is 12.2 Å². The third-order valence-corrected chi connectivity index (χ3v) is 5.33. The largest absolute Gasteiger partial charge is 0.348 e. The van der Waals surface area contributed by atoms with Gasteiger partial charge in [-0.15, -0.1) is 6.58 Å². The van der Waals surface area contributed by atoms with Gasteiger partial charge in [0.15, 0.2) is 5.17 Å². The van der Waals surface area contributed by atoms with E-state index >= 15 is 0 Å². The summed E-state index contributed by atoms with van der Waals surface area (Å²) >= 11 is 1.59. The lowest BCUT2D eigenvalue weighted by molar-refractivity contribution is -0.117. The highest BCUT2D eigenvalue weighted by atomic mass is 32.2. The van der Waals surface area contributed by atoms with E-state index in [4.69, 9.17) is 0 Å². The highest BCUT2D eigenvalue weighted by molar-refractivity contribution is 8.15. The van der Waals surface area contributed by atoms with Gasteiger partial charge in [-0.3, -0.25) is 9.69 Å². The SMILES string of the molecule is C=CCN1CCN(C2=NC(=O)C(c3ccc(C)cc3)S2)CC1. The number of hydrogen-bond acceptors (Lipinski definition) is 4. The second kappa shape index (κ2) is 6.67. The Morgan fingerprint density at radius 2 is 1.95 bits per heavy atom. The number of aliphatic imine (C=N–C) groups is 1. The first kappa shape index (κ1) is 15.3. The molecule has 1 aromatic carbocycles. The van der Waals surface area contributed by atoms with Crippen molar-refractivity contribution < 1.29 is 4.79 Å². The molecule has 22 heavy (non-hydrogen) atoms. The lowest BCUT2D eigenvalue weighted by Crippen LogP contribution is -2.47. The third-order valence-electron chi connectivity index (χ3n) is 4.06. The summed E-state index contributed by atoms with van der Waals surface area (Å²) < 4.78 is 0. The molecule has 0 saturated carbocycles. The number of carbonyl (C=O) groups excluding carboxylic acids is 1. The molecule has 5 heteroatoms. The van der Waals surface area contributed by atoms with E-state index in [1.54, 1.807) is 11.8 Å². The van der Waals surface area contributed by atoms with Crippen LogP contribution in [-0.2, 0) is 4.79 Å². The summed E-state index contributed by atoms with van der Waals surface area (Å²) in [6.07, 6.45) is 1.94. The van der Waals surface area contributed by atoms with E-state index < -0.39 is 0 Å². The summed E-state index contributed by atoms with van der Waals surface area (Å²) in [5.74, 6) is -0.0302. The molecule has 1 amide bonds. The topological polar surface area (TPSA) is 35.9 Å². The summed E-state index contributed by atoms with van der Waals surface area (Å²) in [6, 6.07) is 8.17. The Bertz CT molecular complexity index is 588. The lowest BCUT2D eigenvalue weighted by Gasteiger charge is -2.34. The van der Waals surface area contributed by atoms with Crippen molar-refractivity contribution in [3.05, 3.63) is 48.0 Å². The molecule has 1 unspecified atom stereocenters. The van der Waals surface area contributed by atoms with Gasteiger partial charge in [0.25, 0.3) is 5.91 Å². The van der Waals surface area contributed by atoms with Crippen LogP contribution in [0.2, 0.25) is 0 Å². The number of carbonyl (C=O) groups is 1. The quantitative estimate of drug-likeness (QED) is 0.803. The summed E-state index contributed by atoms with van der Waals surface area (Å²) in [4.78, 5) is 21.1. The molecule has 0 N–H and O–H groups in total. The molecule has 3 rings (SSSR count). The minimum absolute atomic E-state index is 0.0302. The molecular weight excluding hydrogens is 294 g/mol. The molecule has 1 atom stereocenters. The number of aryl methyl sites for hydroxylation is 1. The van der Waals surface area contributed by atoms with E-state index in [2.05, 4.69) is 40.4 Å². The van der Waals surface area contributed by atoms with Crippen LogP contribution in [-0.4, -0.2) is 53.6 Å². The van der Waals surface area contributed by atoms with Gasteiger partial charge in [0.1, 0.15) is 5.25 Å². The predicted octanol–water partition coefficient (Wildman–Crippen LogP) is 2.47. The molecule has 4 nitrogen and oxygen atoms in total. The van der Waals surface area contributed by atoms with Crippen LogP contribution in [0.4, 0.5) is 0 Å². The number of hydrogen-bond donors (Lipinski definition) is 0. The maximum absolute atomic E-state index is 12.2. The fourth-order valence-corrected chi connectivity index (χ4v) is 3.87. The normalized spacial score (nSPS) is 22.8. The molecule has 0 aliphatic carbocycles. The van der Waals surface area contributed by atoms with Crippen LogP contribution in [0.3, 0.4) is 0 Å². The van der Waals surface area contributed by atoms with Crippen LogP contribution in [0.1, 0.15) is 16.4 Å². The Morgan fingerprint density at radius 3 is 2.59 bits per heavy atom. The average molecular weight is 315 g/mol. The zero-order valence-corrected chi connectivity index (χ0v) is 13.7. The second-order valence-electron chi connectivity index (χ2n) is 5.72. The molecule has 0 spiro atoms. The van der Waals surface area contributed by atoms with Crippen LogP contribution >= 0.6 is 11.8 Å². The van der Waals surface area contributed by atoms with Crippen LogP contribution < -0.4 is 0 Å². The van der Waals surface area contributed by atoms with Gasteiger partial charge < -0.3 is 4.90 Å². The van der Waals surface area contributed by atoms with Crippen molar-refractivity contribution in [2.24, 2.45) is 4.99 Å². The predicted molar refractivity (Wildman–Crippen MR) is 92.2 cm³/mol. The summed E-state index contributed by atoms with van der Waals surface area (Å²) in [6.45, 7) is 10.6. The molecular formula is C17H21N3OS. The highest BCUT2D eigenvalue weighted by Crippen LogP contribution is 2.37. The molecule has 2 heterocycles. The van der Waals surface area contributed by atoms with Crippen molar-refractivity contribution in [3.8, 4) is 0 Å². The van der Waals surface area contributed by atoms with Crippen LogP contribution in [0.15, 0.2) is 41.9 Å². The first-order chi connectivity index (χ1) is 10.7. The van der Waals surface area contributed by atoms with Gasteiger partial charge in [0.2, 0.25) is 0 Å². The van der Waals surface area contributed by atoms with Crippen LogP contribution in [0, 0.1) is 6.92 Å². The maximum Gasteiger partial charge on any atom is 0.266 e. The number of amidine groups is 1. The van der Waals surface area contributed by atoms with E-state index in [0.717, 1.165) is 43.5 Å². The first-order valence-corrected chi connectivity index (χ1v) is 8.49. The van der Waals surface area contributed by atoms with Gasteiger partial charge in [0, 0.05) is 32.7 Å². The Morgan fingerprint density at radius 1 is 1.27 bits per heavy atom. The van der Waals surface area contributed by atoms with Gasteiger partial charge >= 0.3 is 0 Å². The number of rotatable bonds is 3. The Balaban J connectivity index is 1.63. The Labute approximate surface area is 135 Å². The van der Waals surface area contributed by atoms with Crippen molar-refractivity contribution in [1.82, 2.24) is 9.80 Å². The van der Waals surface area contributed by atoms with Crippen molar-refractivity contribution in [2.75, 3.05) is 32.7 Å². The van der Waals surface area contributed by atoms with Crippen molar-refractivity contribution in [3.63, 3.8) is 0 Å². The minimum atomic E-state index is -0.179. The molecule has 2 aliphatic rings.